The van der Waals surface area contributed by atoms with E-state index in [-0.39, 0.29) is 0 Å². The number of aryl methyl sites for hydroxylation is 1. The van der Waals surface area contributed by atoms with Gasteiger partial charge in [-0.3, -0.25) is 9.67 Å². The molecule has 112 valence electrons. The minimum atomic E-state index is -0.421. The molecule has 1 aromatic carbocycles. The van der Waals surface area contributed by atoms with Gasteiger partial charge < -0.3 is 5.11 Å². The lowest BCUT2D eigenvalue weighted by atomic mass is 10.1. The van der Waals surface area contributed by atoms with Gasteiger partial charge in [-0.25, -0.2) is 0 Å². The molecule has 0 bridgehead atoms. The molecule has 0 amide bonds. The van der Waals surface area contributed by atoms with Crippen molar-refractivity contribution < 1.29 is 5.11 Å². The highest BCUT2D eigenvalue weighted by Gasteiger charge is 2.10. The summed E-state index contributed by atoms with van der Waals surface area (Å²) in [7, 11) is 0. The zero-order chi connectivity index (χ0) is 15.2. The molecule has 0 saturated carbocycles. The second kappa shape index (κ2) is 7.00. The van der Waals surface area contributed by atoms with Gasteiger partial charge in [0.1, 0.15) is 0 Å². The van der Waals surface area contributed by atoms with Crippen LogP contribution in [0.25, 0.3) is 11.3 Å². The molecule has 0 saturated heterocycles. The largest absolute Gasteiger partial charge is 0.391 e. The highest BCUT2D eigenvalue weighted by Crippen LogP contribution is 2.18. The zero-order valence-electron chi connectivity index (χ0n) is 12.3. The lowest BCUT2D eigenvalue weighted by Crippen LogP contribution is -2.18. The number of pyridine rings is 1. The summed E-state index contributed by atoms with van der Waals surface area (Å²) in [5.41, 5.74) is 3.23. The minimum Gasteiger partial charge on any atom is -0.391 e. The number of hydrogen-bond donors (Lipinski definition) is 1. The number of hydrogen-bond acceptors (Lipinski definition) is 3. The summed E-state index contributed by atoms with van der Waals surface area (Å²) in [5.74, 6) is 0. The molecular formula is C18H19N3O. The molecule has 2 heterocycles. The zero-order valence-corrected chi connectivity index (χ0v) is 12.3. The summed E-state index contributed by atoms with van der Waals surface area (Å²) >= 11 is 0. The Hall–Kier alpha value is -2.46. The predicted octanol–water partition coefficient (Wildman–Crippen LogP) is 2.94. The van der Waals surface area contributed by atoms with Crippen LogP contribution in [0.15, 0.2) is 67.1 Å². The summed E-state index contributed by atoms with van der Waals surface area (Å²) in [6.45, 7) is 0.490. The van der Waals surface area contributed by atoms with Crippen molar-refractivity contribution in [2.24, 2.45) is 0 Å². The molecule has 1 N–H and O–H groups in total. The summed E-state index contributed by atoms with van der Waals surface area (Å²) in [4.78, 5) is 4.13. The second-order valence-corrected chi connectivity index (χ2v) is 5.32. The average molecular weight is 293 g/mol. The average Bonchev–Trinajstić information content (AvgIpc) is 3.03. The Morgan fingerprint density at radius 1 is 1.00 bits per heavy atom. The molecule has 0 unspecified atom stereocenters. The first-order valence-corrected chi connectivity index (χ1v) is 7.47. The standard InChI is InChI=1S/C18H19N3O/c22-17(9-8-15-5-2-1-3-6-15)14-21-18(10-12-20-21)16-7-4-11-19-13-16/h1-7,10-13,17,22H,8-9,14H2/t17-/m0/s1. The number of rotatable bonds is 6. The molecule has 0 spiro atoms. The second-order valence-electron chi connectivity index (χ2n) is 5.32. The van der Waals surface area contributed by atoms with Crippen LogP contribution in [0.2, 0.25) is 0 Å². The Kier molecular flexibility index (Phi) is 4.61. The third-order valence-electron chi connectivity index (χ3n) is 3.67. The van der Waals surface area contributed by atoms with Crippen LogP contribution in [0.1, 0.15) is 12.0 Å². The first-order valence-electron chi connectivity index (χ1n) is 7.47. The van der Waals surface area contributed by atoms with Crippen LogP contribution in [-0.4, -0.2) is 26.0 Å². The van der Waals surface area contributed by atoms with E-state index in [0.29, 0.717) is 6.54 Å². The predicted molar refractivity (Wildman–Crippen MR) is 86.2 cm³/mol. The molecule has 2 aromatic heterocycles. The van der Waals surface area contributed by atoms with Gasteiger partial charge in [-0.15, -0.1) is 0 Å². The molecule has 1 atom stereocenters. The van der Waals surface area contributed by atoms with Crippen LogP contribution in [-0.2, 0) is 13.0 Å². The van der Waals surface area contributed by atoms with E-state index >= 15 is 0 Å². The van der Waals surface area contributed by atoms with Gasteiger partial charge >= 0.3 is 0 Å². The van der Waals surface area contributed by atoms with Crippen LogP contribution >= 0.6 is 0 Å². The Balaban J connectivity index is 1.63. The molecule has 0 aliphatic heterocycles. The van der Waals surface area contributed by atoms with Crippen LogP contribution in [0.3, 0.4) is 0 Å². The number of aliphatic hydroxyl groups excluding tert-OH is 1. The molecular weight excluding hydrogens is 274 g/mol. The van der Waals surface area contributed by atoms with Gasteiger partial charge in [-0.05, 0) is 36.6 Å². The maximum absolute atomic E-state index is 10.3. The fraction of sp³-hybridized carbons (Fsp3) is 0.222. The molecule has 0 fully saturated rings. The Morgan fingerprint density at radius 3 is 2.64 bits per heavy atom. The van der Waals surface area contributed by atoms with Crippen LogP contribution < -0.4 is 0 Å². The SMILES string of the molecule is O[C@@H](CCc1ccccc1)Cn1nccc1-c1cccnc1. The van der Waals surface area contributed by atoms with E-state index in [1.54, 1.807) is 12.4 Å². The van der Waals surface area contributed by atoms with Gasteiger partial charge in [0.05, 0.1) is 18.3 Å². The Bertz CT molecular complexity index is 695. The third-order valence-corrected chi connectivity index (χ3v) is 3.67. The van der Waals surface area contributed by atoms with E-state index in [0.717, 1.165) is 24.1 Å². The van der Waals surface area contributed by atoms with Gasteiger partial charge in [-0.2, -0.15) is 5.10 Å². The summed E-state index contributed by atoms with van der Waals surface area (Å²) in [6.07, 6.45) is 6.48. The lowest BCUT2D eigenvalue weighted by molar-refractivity contribution is 0.140. The number of benzene rings is 1. The maximum atomic E-state index is 10.3. The number of aromatic nitrogens is 3. The Labute approximate surface area is 130 Å². The minimum absolute atomic E-state index is 0.421. The fourth-order valence-corrected chi connectivity index (χ4v) is 2.51. The van der Waals surface area contributed by atoms with Crippen LogP contribution in [0.4, 0.5) is 0 Å². The molecule has 0 aliphatic carbocycles. The van der Waals surface area contributed by atoms with E-state index < -0.39 is 6.10 Å². The highest BCUT2D eigenvalue weighted by molar-refractivity contribution is 5.57. The Morgan fingerprint density at radius 2 is 1.86 bits per heavy atom. The monoisotopic (exact) mass is 293 g/mol. The molecule has 0 aliphatic rings. The van der Waals surface area contributed by atoms with Crippen molar-refractivity contribution >= 4 is 0 Å². The third kappa shape index (κ3) is 3.59. The normalized spacial score (nSPS) is 12.2. The van der Waals surface area contributed by atoms with Crippen LogP contribution in [0.5, 0.6) is 0 Å². The van der Waals surface area contributed by atoms with Crippen molar-refractivity contribution in [2.75, 3.05) is 0 Å². The van der Waals surface area contributed by atoms with E-state index in [2.05, 4.69) is 22.2 Å². The van der Waals surface area contributed by atoms with Gasteiger partial charge in [0.2, 0.25) is 0 Å². The van der Waals surface area contributed by atoms with Gasteiger partial charge in [0.15, 0.2) is 0 Å². The maximum Gasteiger partial charge on any atom is 0.0739 e. The van der Waals surface area contributed by atoms with Gasteiger partial charge in [0.25, 0.3) is 0 Å². The first-order chi connectivity index (χ1) is 10.8. The van der Waals surface area contributed by atoms with Crippen molar-refractivity contribution in [1.82, 2.24) is 14.8 Å². The fourth-order valence-electron chi connectivity index (χ4n) is 2.51. The van der Waals surface area contributed by atoms with Crippen molar-refractivity contribution in [1.29, 1.82) is 0 Å². The van der Waals surface area contributed by atoms with Crippen molar-refractivity contribution in [3.05, 3.63) is 72.7 Å². The topological polar surface area (TPSA) is 50.9 Å². The molecule has 4 heteroatoms. The number of nitrogens with zero attached hydrogens (tertiary/aromatic N) is 3. The van der Waals surface area contributed by atoms with Crippen molar-refractivity contribution in [2.45, 2.75) is 25.5 Å². The number of aliphatic hydroxyl groups is 1. The summed E-state index contributed by atoms with van der Waals surface area (Å²) < 4.78 is 1.84. The van der Waals surface area contributed by atoms with Gasteiger partial charge in [-0.1, -0.05) is 30.3 Å². The smallest absolute Gasteiger partial charge is 0.0739 e. The highest BCUT2D eigenvalue weighted by atomic mass is 16.3. The molecule has 0 radical (unpaired) electrons. The quantitative estimate of drug-likeness (QED) is 0.760. The summed E-state index contributed by atoms with van der Waals surface area (Å²) in [5, 5.41) is 14.6. The van der Waals surface area contributed by atoms with E-state index in [1.807, 2.05) is 47.3 Å². The molecule has 3 aromatic rings. The molecule has 3 rings (SSSR count). The first kappa shape index (κ1) is 14.5. The van der Waals surface area contributed by atoms with Gasteiger partial charge in [0, 0.05) is 24.2 Å². The van der Waals surface area contributed by atoms with E-state index in [4.69, 9.17) is 0 Å². The molecule has 22 heavy (non-hydrogen) atoms. The van der Waals surface area contributed by atoms with Crippen molar-refractivity contribution in [3.63, 3.8) is 0 Å². The lowest BCUT2D eigenvalue weighted by Gasteiger charge is -2.13. The summed E-state index contributed by atoms with van der Waals surface area (Å²) in [6, 6.07) is 16.1. The van der Waals surface area contributed by atoms with E-state index in [9.17, 15) is 5.11 Å². The van der Waals surface area contributed by atoms with E-state index in [1.165, 1.54) is 5.56 Å². The van der Waals surface area contributed by atoms with Crippen LogP contribution in [0, 0.1) is 0 Å². The molecule has 4 nitrogen and oxygen atoms in total. The van der Waals surface area contributed by atoms with Crippen molar-refractivity contribution in [3.8, 4) is 11.3 Å².